The number of esters is 1. The fourth-order valence-corrected chi connectivity index (χ4v) is 3.00. The van der Waals surface area contributed by atoms with Crippen LogP contribution in [0.25, 0.3) is 10.2 Å². The number of aromatic nitrogens is 1. The number of nitrogens with one attached hydrogen (secondary N) is 1. The number of hydrogen-bond donors (Lipinski definition) is 1. The molecular weight excluding hydrogens is 312 g/mol. The van der Waals surface area contributed by atoms with Gasteiger partial charge in [0.25, 0.3) is 0 Å². The molecule has 1 aromatic heterocycles. The van der Waals surface area contributed by atoms with Gasteiger partial charge in [0.2, 0.25) is 5.91 Å². The second-order valence-corrected chi connectivity index (χ2v) is 6.03. The van der Waals surface area contributed by atoms with E-state index in [0.717, 1.165) is 15.2 Å². The third-order valence-corrected chi connectivity index (χ3v) is 4.09. The lowest BCUT2D eigenvalue weighted by molar-refractivity contribution is -0.114. The van der Waals surface area contributed by atoms with Crippen LogP contribution in [0.1, 0.15) is 22.3 Å². The van der Waals surface area contributed by atoms with Gasteiger partial charge < -0.3 is 10.1 Å². The first kappa shape index (κ1) is 15.2. The molecule has 6 heteroatoms. The molecule has 0 saturated heterocycles. The number of carbonyl (C=O) groups is 2. The Balaban J connectivity index is 1.68. The first-order valence-electron chi connectivity index (χ1n) is 7.01. The molecule has 0 radical (unpaired) electrons. The Morgan fingerprint density at radius 1 is 1.17 bits per heavy atom. The Bertz CT molecular complexity index is 840. The highest BCUT2D eigenvalue weighted by molar-refractivity contribution is 7.18. The first-order chi connectivity index (χ1) is 11.1. The smallest absolute Gasteiger partial charge is 0.338 e. The topological polar surface area (TPSA) is 68.3 Å². The lowest BCUT2D eigenvalue weighted by atomic mass is 10.2. The number of thiazole rings is 1. The molecule has 0 spiro atoms. The maximum Gasteiger partial charge on any atom is 0.338 e. The maximum atomic E-state index is 12.1. The first-order valence-corrected chi connectivity index (χ1v) is 7.83. The van der Waals surface area contributed by atoms with E-state index in [1.54, 1.807) is 24.3 Å². The van der Waals surface area contributed by atoms with Crippen molar-refractivity contribution in [3.63, 3.8) is 0 Å². The van der Waals surface area contributed by atoms with Crippen molar-refractivity contribution in [3.05, 3.63) is 59.1 Å². The number of ether oxygens (including phenoxy) is 1. The van der Waals surface area contributed by atoms with E-state index in [2.05, 4.69) is 10.3 Å². The summed E-state index contributed by atoms with van der Waals surface area (Å²) in [6.07, 6.45) is 0. The summed E-state index contributed by atoms with van der Waals surface area (Å²) in [4.78, 5) is 27.6. The Labute approximate surface area is 136 Å². The number of hydrogen-bond acceptors (Lipinski definition) is 5. The highest BCUT2D eigenvalue weighted by atomic mass is 32.1. The number of para-hydroxylation sites is 1. The predicted octanol–water partition coefficient (Wildman–Crippen LogP) is 3.61. The van der Waals surface area contributed by atoms with Crippen LogP contribution in [0.3, 0.4) is 0 Å². The van der Waals surface area contributed by atoms with E-state index in [4.69, 9.17) is 4.74 Å². The van der Waals surface area contributed by atoms with Gasteiger partial charge in [0.05, 0.1) is 15.8 Å². The molecule has 116 valence electrons. The molecular formula is C17H14N2O3S. The van der Waals surface area contributed by atoms with Crippen LogP contribution in [-0.4, -0.2) is 16.9 Å². The monoisotopic (exact) mass is 326 g/mol. The molecule has 3 aromatic rings. The van der Waals surface area contributed by atoms with Gasteiger partial charge in [0.15, 0.2) is 0 Å². The number of carbonyl (C=O) groups excluding carboxylic acids is 2. The molecule has 0 fully saturated rings. The summed E-state index contributed by atoms with van der Waals surface area (Å²) in [5.74, 6) is -0.638. The maximum absolute atomic E-state index is 12.1. The van der Waals surface area contributed by atoms with Crippen molar-refractivity contribution < 1.29 is 14.3 Å². The molecule has 1 N–H and O–H groups in total. The quantitative estimate of drug-likeness (QED) is 0.744. The molecule has 0 atom stereocenters. The minimum Gasteiger partial charge on any atom is -0.455 e. The molecule has 1 amide bonds. The van der Waals surface area contributed by atoms with Crippen LogP contribution in [0.15, 0.2) is 48.5 Å². The van der Waals surface area contributed by atoms with E-state index in [9.17, 15) is 9.59 Å². The molecule has 0 unspecified atom stereocenters. The average molecular weight is 326 g/mol. The summed E-state index contributed by atoms with van der Waals surface area (Å²) < 4.78 is 6.36. The van der Waals surface area contributed by atoms with Crippen LogP contribution in [-0.2, 0) is 16.1 Å². The third kappa shape index (κ3) is 3.73. The number of fused-ring (bicyclic) bond motifs is 1. The van der Waals surface area contributed by atoms with Gasteiger partial charge in [-0.3, -0.25) is 4.79 Å². The van der Waals surface area contributed by atoms with Gasteiger partial charge in [-0.25, -0.2) is 9.78 Å². The normalized spacial score (nSPS) is 10.5. The van der Waals surface area contributed by atoms with Gasteiger partial charge in [-0.2, -0.15) is 0 Å². The van der Waals surface area contributed by atoms with Crippen LogP contribution < -0.4 is 5.32 Å². The standard InChI is InChI=1S/C17H14N2O3S/c1-11(20)18-13-6-4-5-12(9-13)17(21)22-10-16-19-14-7-2-3-8-15(14)23-16/h2-9H,10H2,1H3,(H,18,20). The van der Waals surface area contributed by atoms with Crippen molar-refractivity contribution in [2.24, 2.45) is 0 Å². The summed E-state index contributed by atoms with van der Waals surface area (Å²) in [7, 11) is 0. The zero-order valence-corrected chi connectivity index (χ0v) is 13.2. The van der Waals surface area contributed by atoms with Crippen LogP contribution >= 0.6 is 11.3 Å². The molecule has 0 aliphatic heterocycles. The van der Waals surface area contributed by atoms with Crippen molar-refractivity contribution in [3.8, 4) is 0 Å². The lowest BCUT2D eigenvalue weighted by Crippen LogP contribution is -2.08. The van der Waals surface area contributed by atoms with E-state index < -0.39 is 5.97 Å². The predicted molar refractivity (Wildman–Crippen MR) is 89.5 cm³/mol. The minimum atomic E-state index is -0.448. The van der Waals surface area contributed by atoms with E-state index in [0.29, 0.717) is 11.3 Å². The second-order valence-electron chi connectivity index (χ2n) is 4.91. The molecule has 0 saturated carbocycles. The fraction of sp³-hybridized carbons (Fsp3) is 0.118. The van der Waals surface area contributed by atoms with E-state index in [1.165, 1.54) is 18.3 Å². The molecule has 1 heterocycles. The summed E-state index contributed by atoms with van der Waals surface area (Å²) in [5.41, 5.74) is 1.85. The lowest BCUT2D eigenvalue weighted by Gasteiger charge is -2.05. The van der Waals surface area contributed by atoms with Crippen molar-refractivity contribution >= 4 is 39.1 Å². The summed E-state index contributed by atoms with van der Waals surface area (Å²) in [6.45, 7) is 1.54. The van der Waals surface area contributed by atoms with E-state index in [1.807, 2.05) is 24.3 Å². The van der Waals surface area contributed by atoms with Crippen molar-refractivity contribution in [2.75, 3.05) is 5.32 Å². The SMILES string of the molecule is CC(=O)Nc1cccc(C(=O)OCc2nc3ccccc3s2)c1. The Morgan fingerprint density at radius 2 is 2.00 bits per heavy atom. The number of benzene rings is 2. The van der Waals surface area contributed by atoms with Crippen LogP contribution in [0.5, 0.6) is 0 Å². The van der Waals surface area contributed by atoms with Gasteiger partial charge in [0.1, 0.15) is 11.6 Å². The number of nitrogens with zero attached hydrogens (tertiary/aromatic N) is 1. The van der Waals surface area contributed by atoms with Crippen LogP contribution in [0.4, 0.5) is 5.69 Å². The van der Waals surface area contributed by atoms with Crippen LogP contribution in [0.2, 0.25) is 0 Å². The fourth-order valence-electron chi connectivity index (χ4n) is 2.12. The Kier molecular flexibility index (Phi) is 4.34. The van der Waals surface area contributed by atoms with Gasteiger partial charge >= 0.3 is 5.97 Å². The molecule has 3 rings (SSSR count). The largest absolute Gasteiger partial charge is 0.455 e. The highest BCUT2D eigenvalue weighted by Gasteiger charge is 2.10. The van der Waals surface area contributed by atoms with Crippen molar-refractivity contribution in [2.45, 2.75) is 13.5 Å². The van der Waals surface area contributed by atoms with Gasteiger partial charge in [-0.05, 0) is 30.3 Å². The van der Waals surface area contributed by atoms with E-state index in [-0.39, 0.29) is 12.5 Å². The Hall–Kier alpha value is -2.73. The minimum absolute atomic E-state index is 0.128. The summed E-state index contributed by atoms with van der Waals surface area (Å²) in [6, 6.07) is 14.4. The third-order valence-electron chi connectivity index (χ3n) is 3.08. The second kappa shape index (κ2) is 6.58. The van der Waals surface area contributed by atoms with E-state index >= 15 is 0 Å². The molecule has 0 aliphatic rings. The highest BCUT2D eigenvalue weighted by Crippen LogP contribution is 2.22. The van der Waals surface area contributed by atoms with Gasteiger partial charge in [-0.15, -0.1) is 11.3 Å². The van der Waals surface area contributed by atoms with Crippen molar-refractivity contribution in [1.82, 2.24) is 4.98 Å². The number of anilines is 1. The zero-order valence-electron chi connectivity index (χ0n) is 12.4. The molecule has 23 heavy (non-hydrogen) atoms. The number of amides is 1. The van der Waals surface area contributed by atoms with Gasteiger partial charge in [0, 0.05) is 12.6 Å². The zero-order chi connectivity index (χ0) is 16.2. The average Bonchev–Trinajstić information content (AvgIpc) is 2.95. The molecule has 2 aromatic carbocycles. The summed E-state index contributed by atoms with van der Waals surface area (Å²) >= 11 is 1.50. The molecule has 0 aliphatic carbocycles. The number of rotatable bonds is 4. The van der Waals surface area contributed by atoms with Crippen LogP contribution in [0, 0.1) is 0 Å². The van der Waals surface area contributed by atoms with Crippen molar-refractivity contribution in [1.29, 1.82) is 0 Å². The Morgan fingerprint density at radius 3 is 2.78 bits per heavy atom. The molecule has 0 bridgehead atoms. The van der Waals surface area contributed by atoms with Gasteiger partial charge in [-0.1, -0.05) is 18.2 Å². The molecule has 5 nitrogen and oxygen atoms in total. The summed E-state index contributed by atoms with van der Waals surface area (Å²) in [5, 5.41) is 3.38.